The molecule has 0 saturated heterocycles. The maximum Gasteiger partial charge on any atom is 0.258 e. The SMILES string of the molecule is CCC(CO)NC(=O)COc1ccc(F)cc1. The maximum atomic E-state index is 12.6. The van der Waals surface area contributed by atoms with E-state index in [2.05, 4.69) is 5.32 Å². The molecule has 0 spiro atoms. The fourth-order valence-electron chi connectivity index (χ4n) is 1.23. The summed E-state index contributed by atoms with van der Waals surface area (Å²) in [6.07, 6.45) is 0.652. The lowest BCUT2D eigenvalue weighted by Crippen LogP contribution is -2.39. The van der Waals surface area contributed by atoms with E-state index < -0.39 is 0 Å². The number of carbonyl (C=O) groups excluding carboxylic acids is 1. The van der Waals surface area contributed by atoms with E-state index in [0.29, 0.717) is 12.2 Å². The van der Waals surface area contributed by atoms with Gasteiger partial charge >= 0.3 is 0 Å². The lowest BCUT2D eigenvalue weighted by atomic mass is 10.2. The summed E-state index contributed by atoms with van der Waals surface area (Å²) in [5, 5.41) is 11.5. The van der Waals surface area contributed by atoms with Crippen LogP contribution in [-0.4, -0.2) is 30.3 Å². The number of aliphatic hydroxyl groups is 1. The zero-order valence-electron chi connectivity index (χ0n) is 9.65. The molecule has 1 aromatic carbocycles. The van der Waals surface area contributed by atoms with E-state index in [1.165, 1.54) is 24.3 Å². The summed E-state index contributed by atoms with van der Waals surface area (Å²) >= 11 is 0. The second-order valence-electron chi connectivity index (χ2n) is 3.60. The minimum atomic E-state index is -0.354. The number of amides is 1. The quantitative estimate of drug-likeness (QED) is 0.784. The summed E-state index contributed by atoms with van der Waals surface area (Å²) in [4.78, 5) is 11.4. The van der Waals surface area contributed by atoms with E-state index in [-0.39, 0.29) is 31.0 Å². The fraction of sp³-hybridized carbons (Fsp3) is 0.417. The molecular formula is C12H16FNO3. The van der Waals surface area contributed by atoms with Gasteiger partial charge in [-0.25, -0.2) is 4.39 Å². The minimum Gasteiger partial charge on any atom is -0.484 e. The van der Waals surface area contributed by atoms with E-state index in [4.69, 9.17) is 9.84 Å². The second kappa shape index (κ2) is 6.85. The van der Waals surface area contributed by atoms with Gasteiger partial charge in [0.2, 0.25) is 0 Å². The molecule has 1 amide bonds. The van der Waals surface area contributed by atoms with Crippen LogP contribution in [0.2, 0.25) is 0 Å². The van der Waals surface area contributed by atoms with Crippen LogP contribution in [0.3, 0.4) is 0 Å². The minimum absolute atomic E-state index is 0.0984. The summed E-state index contributed by atoms with van der Waals surface area (Å²) < 4.78 is 17.7. The van der Waals surface area contributed by atoms with E-state index in [0.717, 1.165) is 0 Å². The third-order valence-electron chi connectivity index (χ3n) is 2.26. The van der Waals surface area contributed by atoms with Crippen molar-refractivity contribution in [3.05, 3.63) is 30.1 Å². The van der Waals surface area contributed by atoms with Crippen LogP contribution in [0.4, 0.5) is 4.39 Å². The van der Waals surface area contributed by atoms with Crippen LogP contribution in [0.1, 0.15) is 13.3 Å². The number of hydrogen-bond donors (Lipinski definition) is 2. The fourth-order valence-corrected chi connectivity index (χ4v) is 1.23. The molecule has 0 heterocycles. The molecule has 2 N–H and O–H groups in total. The van der Waals surface area contributed by atoms with Crippen LogP contribution in [0.15, 0.2) is 24.3 Å². The van der Waals surface area contributed by atoms with Crippen molar-refractivity contribution in [2.75, 3.05) is 13.2 Å². The number of aliphatic hydroxyl groups excluding tert-OH is 1. The molecule has 0 fully saturated rings. The van der Waals surface area contributed by atoms with Crippen molar-refractivity contribution in [3.63, 3.8) is 0 Å². The number of halogens is 1. The molecule has 1 atom stereocenters. The number of hydrogen-bond acceptors (Lipinski definition) is 3. The van der Waals surface area contributed by atoms with Gasteiger partial charge in [-0.3, -0.25) is 4.79 Å². The predicted octanol–water partition coefficient (Wildman–Crippen LogP) is 1.09. The van der Waals surface area contributed by atoms with Crippen molar-refractivity contribution in [1.29, 1.82) is 0 Å². The molecule has 0 bridgehead atoms. The Hall–Kier alpha value is -1.62. The van der Waals surface area contributed by atoms with Gasteiger partial charge in [0.1, 0.15) is 11.6 Å². The van der Waals surface area contributed by atoms with Gasteiger partial charge in [-0.1, -0.05) is 6.92 Å². The molecule has 0 radical (unpaired) electrons. The molecule has 5 heteroatoms. The van der Waals surface area contributed by atoms with Crippen molar-refractivity contribution in [2.24, 2.45) is 0 Å². The van der Waals surface area contributed by atoms with Crippen LogP contribution in [0.25, 0.3) is 0 Å². The van der Waals surface area contributed by atoms with Crippen LogP contribution in [-0.2, 0) is 4.79 Å². The molecule has 94 valence electrons. The Morgan fingerprint density at radius 1 is 1.47 bits per heavy atom. The summed E-state index contributed by atoms with van der Waals surface area (Å²) in [6.45, 7) is 1.61. The van der Waals surface area contributed by atoms with E-state index >= 15 is 0 Å². The van der Waals surface area contributed by atoms with Crippen molar-refractivity contribution in [3.8, 4) is 5.75 Å². The summed E-state index contributed by atoms with van der Waals surface area (Å²) in [6, 6.07) is 5.17. The van der Waals surface area contributed by atoms with Gasteiger partial charge in [-0.05, 0) is 30.7 Å². The highest BCUT2D eigenvalue weighted by Gasteiger charge is 2.09. The van der Waals surface area contributed by atoms with Crippen LogP contribution in [0.5, 0.6) is 5.75 Å². The van der Waals surface area contributed by atoms with Gasteiger partial charge in [0.25, 0.3) is 5.91 Å². The van der Waals surface area contributed by atoms with Gasteiger partial charge in [0.05, 0.1) is 12.6 Å². The van der Waals surface area contributed by atoms with E-state index in [1.807, 2.05) is 6.92 Å². The Kier molecular flexibility index (Phi) is 5.42. The first-order valence-corrected chi connectivity index (χ1v) is 5.44. The third-order valence-corrected chi connectivity index (χ3v) is 2.26. The zero-order chi connectivity index (χ0) is 12.7. The van der Waals surface area contributed by atoms with Crippen LogP contribution in [0, 0.1) is 5.82 Å². The number of benzene rings is 1. The first-order valence-electron chi connectivity index (χ1n) is 5.44. The molecule has 1 unspecified atom stereocenters. The lowest BCUT2D eigenvalue weighted by Gasteiger charge is -2.14. The maximum absolute atomic E-state index is 12.6. The van der Waals surface area contributed by atoms with E-state index in [9.17, 15) is 9.18 Å². The first-order chi connectivity index (χ1) is 8.15. The molecular weight excluding hydrogens is 225 g/mol. The van der Waals surface area contributed by atoms with Gasteiger partial charge in [0, 0.05) is 0 Å². The average molecular weight is 241 g/mol. The molecule has 1 rings (SSSR count). The van der Waals surface area contributed by atoms with Gasteiger partial charge in [-0.15, -0.1) is 0 Å². The van der Waals surface area contributed by atoms with Crippen molar-refractivity contribution in [2.45, 2.75) is 19.4 Å². The Bertz CT molecular complexity index is 349. The van der Waals surface area contributed by atoms with Crippen LogP contribution >= 0.6 is 0 Å². The van der Waals surface area contributed by atoms with Crippen molar-refractivity contribution >= 4 is 5.91 Å². The van der Waals surface area contributed by atoms with Gasteiger partial charge in [-0.2, -0.15) is 0 Å². The number of nitrogens with one attached hydrogen (secondary N) is 1. The average Bonchev–Trinajstić information content (AvgIpc) is 2.35. The summed E-state index contributed by atoms with van der Waals surface area (Å²) in [5.74, 6) is -0.234. The third kappa shape index (κ3) is 4.82. The monoisotopic (exact) mass is 241 g/mol. The van der Waals surface area contributed by atoms with Crippen molar-refractivity contribution in [1.82, 2.24) is 5.32 Å². The van der Waals surface area contributed by atoms with Gasteiger partial charge < -0.3 is 15.2 Å². The Morgan fingerprint density at radius 3 is 2.65 bits per heavy atom. The molecule has 0 aliphatic rings. The van der Waals surface area contributed by atoms with E-state index in [1.54, 1.807) is 0 Å². The predicted molar refractivity (Wildman–Crippen MR) is 61.2 cm³/mol. The van der Waals surface area contributed by atoms with Crippen LogP contribution < -0.4 is 10.1 Å². The molecule has 1 aromatic rings. The smallest absolute Gasteiger partial charge is 0.258 e. The summed E-state index contributed by atoms with van der Waals surface area (Å²) in [5.41, 5.74) is 0. The second-order valence-corrected chi connectivity index (χ2v) is 3.60. The zero-order valence-corrected chi connectivity index (χ0v) is 9.65. The number of rotatable bonds is 6. The molecule has 0 aliphatic heterocycles. The highest BCUT2D eigenvalue weighted by molar-refractivity contribution is 5.77. The number of ether oxygens (including phenoxy) is 1. The molecule has 0 aliphatic carbocycles. The normalized spacial score (nSPS) is 11.9. The highest BCUT2D eigenvalue weighted by Crippen LogP contribution is 2.10. The van der Waals surface area contributed by atoms with Crippen molar-refractivity contribution < 1.29 is 19.0 Å². The van der Waals surface area contributed by atoms with Gasteiger partial charge in [0.15, 0.2) is 6.61 Å². The largest absolute Gasteiger partial charge is 0.484 e. The standard InChI is InChI=1S/C12H16FNO3/c1-2-10(7-15)14-12(16)8-17-11-5-3-9(13)4-6-11/h3-6,10,15H,2,7-8H2,1H3,(H,14,16). The Balaban J connectivity index is 2.35. The Morgan fingerprint density at radius 2 is 2.12 bits per heavy atom. The molecule has 17 heavy (non-hydrogen) atoms. The number of carbonyl (C=O) groups is 1. The Labute approximate surface area is 99.4 Å². The highest BCUT2D eigenvalue weighted by atomic mass is 19.1. The first kappa shape index (κ1) is 13.4. The summed E-state index contributed by atoms with van der Waals surface area (Å²) in [7, 11) is 0. The topological polar surface area (TPSA) is 58.6 Å². The molecule has 0 saturated carbocycles. The lowest BCUT2D eigenvalue weighted by molar-refractivity contribution is -0.124. The molecule has 4 nitrogen and oxygen atoms in total. The molecule has 0 aromatic heterocycles.